The molecule has 0 aliphatic rings. The van der Waals surface area contributed by atoms with Crippen LogP contribution in [-0.4, -0.2) is 23.3 Å². The third-order valence-electron chi connectivity index (χ3n) is 2.04. The molecule has 0 amide bonds. The van der Waals surface area contributed by atoms with E-state index in [9.17, 15) is 0 Å². The zero-order chi connectivity index (χ0) is 14.0. The molecule has 0 aliphatic heterocycles. The Kier molecular flexibility index (Phi) is 11.6. The lowest BCUT2D eigenvalue weighted by Crippen LogP contribution is -2.23. The van der Waals surface area contributed by atoms with Gasteiger partial charge in [-0.05, 0) is 19.8 Å². The lowest BCUT2D eigenvalue weighted by atomic mass is 10.1. The van der Waals surface area contributed by atoms with E-state index < -0.39 is 0 Å². The third kappa shape index (κ3) is 11.0. The summed E-state index contributed by atoms with van der Waals surface area (Å²) in [4.78, 5) is 0. The van der Waals surface area contributed by atoms with Gasteiger partial charge in [-0.1, -0.05) is 19.8 Å². The predicted molar refractivity (Wildman–Crippen MR) is 83.6 cm³/mol. The van der Waals surface area contributed by atoms with Gasteiger partial charge in [-0.25, -0.2) is 0 Å². The van der Waals surface area contributed by atoms with E-state index in [0.717, 1.165) is 25.7 Å². The number of guanidine groups is 2. The summed E-state index contributed by atoms with van der Waals surface area (Å²) >= 11 is 0. The molecule has 0 unspecified atom stereocenters. The minimum atomic E-state index is -0.107. The zero-order valence-corrected chi connectivity index (χ0v) is 12.2. The van der Waals surface area contributed by atoms with Gasteiger partial charge in [-0.3, -0.25) is 0 Å². The summed E-state index contributed by atoms with van der Waals surface area (Å²) < 4.78 is 0. The van der Waals surface area contributed by atoms with Crippen molar-refractivity contribution in [1.82, 2.24) is 0 Å². The maximum Gasteiger partial charge on any atom is 0.211 e. The van der Waals surface area contributed by atoms with E-state index in [1.54, 1.807) is 6.92 Å². The second-order valence-corrected chi connectivity index (χ2v) is 3.74. The highest BCUT2D eigenvalue weighted by Gasteiger charge is 2.04. The van der Waals surface area contributed by atoms with E-state index in [1.165, 1.54) is 0 Å². The monoisotopic (exact) mass is 290 g/mol. The quantitative estimate of drug-likeness (QED) is 0.230. The second-order valence-electron chi connectivity index (χ2n) is 3.74. The minimum absolute atomic E-state index is 0. The summed E-state index contributed by atoms with van der Waals surface area (Å²) in [5.41, 5.74) is 22.1. The van der Waals surface area contributed by atoms with Crippen molar-refractivity contribution in [3.63, 3.8) is 0 Å². The first kappa shape index (κ1) is 19.5. The maximum absolute atomic E-state index is 5.23. The summed E-state index contributed by atoms with van der Waals surface area (Å²) in [5, 5.41) is 15.0. The molecular weight excluding hydrogens is 268 g/mol. The van der Waals surface area contributed by atoms with Crippen molar-refractivity contribution in [2.24, 2.45) is 43.3 Å². The van der Waals surface area contributed by atoms with Crippen LogP contribution in [0.3, 0.4) is 0 Å². The average molecular weight is 291 g/mol. The van der Waals surface area contributed by atoms with Crippen molar-refractivity contribution in [2.75, 3.05) is 0 Å². The van der Waals surface area contributed by atoms with Crippen molar-refractivity contribution >= 4 is 35.7 Å². The molecule has 0 heterocycles. The standard InChI is InChI=1S/C10H22N8.ClH/c1-3-4-5-6-8(16-18-10(13)14)7(2)15-17-9(11)12;/h3-6H2,1-2H3,(H4,11,12,17)(H4,13,14,18);1H/b15-7+,16-8+;. The van der Waals surface area contributed by atoms with Crippen molar-refractivity contribution < 1.29 is 0 Å². The van der Waals surface area contributed by atoms with Gasteiger partial charge >= 0.3 is 0 Å². The fraction of sp³-hybridized carbons (Fsp3) is 0.600. The molecule has 9 heteroatoms. The summed E-state index contributed by atoms with van der Waals surface area (Å²) in [6.07, 6.45) is 3.90. The first-order valence-electron chi connectivity index (χ1n) is 5.76. The third-order valence-corrected chi connectivity index (χ3v) is 2.04. The molecule has 0 rings (SSSR count). The summed E-state index contributed by atoms with van der Waals surface area (Å²) in [6, 6.07) is 0. The molecule has 0 radical (unpaired) electrons. The van der Waals surface area contributed by atoms with Gasteiger partial charge < -0.3 is 22.9 Å². The van der Waals surface area contributed by atoms with Crippen molar-refractivity contribution in [2.45, 2.75) is 39.5 Å². The second kappa shape index (κ2) is 11.3. The van der Waals surface area contributed by atoms with Gasteiger partial charge in [0.05, 0.1) is 11.4 Å². The molecule has 0 aliphatic carbocycles. The summed E-state index contributed by atoms with van der Waals surface area (Å²) in [6.45, 7) is 3.87. The Hall–Kier alpha value is -1.83. The normalized spacial score (nSPS) is 11.5. The molecule has 0 spiro atoms. The molecular formula is C10H23ClN8. The van der Waals surface area contributed by atoms with E-state index in [-0.39, 0.29) is 24.3 Å². The molecule has 0 atom stereocenters. The fourth-order valence-corrected chi connectivity index (χ4v) is 1.15. The smallest absolute Gasteiger partial charge is 0.211 e. The van der Waals surface area contributed by atoms with Gasteiger partial charge in [0.2, 0.25) is 11.9 Å². The molecule has 0 aromatic heterocycles. The van der Waals surface area contributed by atoms with E-state index >= 15 is 0 Å². The summed E-state index contributed by atoms with van der Waals surface area (Å²) in [5.74, 6) is -0.207. The highest BCUT2D eigenvalue weighted by molar-refractivity contribution is 6.41. The Balaban J connectivity index is 0. The van der Waals surface area contributed by atoms with Crippen LogP contribution < -0.4 is 22.9 Å². The van der Waals surface area contributed by atoms with Gasteiger partial charge in [0.15, 0.2) is 0 Å². The molecule has 19 heavy (non-hydrogen) atoms. The summed E-state index contributed by atoms with van der Waals surface area (Å²) in [7, 11) is 0. The average Bonchev–Trinajstić information content (AvgIpc) is 2.30. The highest BCUT2D eigenvalue weighted by atomic mass is 35.5. The molecule has 0 aromatic carbocycles. The van der Waals surface area contributed by atoms with E-state index in [4.69, 9.17) is 22.9 Å². The topological polar surface area (TPSA) is 154 Å². The van der Waals surface area contributed by atoms with Gasteiger partial charge in [0.1, 0.15) is 0 Å². The highest BCUT2D eigenvalue weighted by Crippen LogP contribution is 2.03. The van der Waals surface area contributed by atoms with Gasteiger partial charge in [-0.2, -0.15) is 10.2 Å². The van der Waals surface area contributed by atoms with Crippen LogP contribution in [0, 0.1) is 0 Å². The number of halogens is 1. The number of nitrogens with two attached hydrogens (primary N) is 4. The van der Waals surface area contributed by atoms with Crippen molar-refractivity contribution in [1.29, 1.82) is 0 Å². The fourth-order valence-electron chi connectivity index (χ4n) is 1.15. The first-order valence-corrected chi connectivity index (χ1v) is 5.76. The Morgan fingerprint density at radius 1 is 0.842 bits per heavy atom. The first-order chi connectivity index (χ1) is 8.47. The molecule has 8 nitrogen and oxygen atoms in total. The molecule has 8 N–H and O–H groups in total. The number of unbranched alkanes of at least 4 members (excludes halogenated alkanes) is 2. The van der Waals surface area contributed by atoms with Crippen molar-refractivity contribution in [3.8, 4) is 0 Å². The lowest BCUT2D eigenvalue weighted by Gasteiger charge is -2.02. The lowest BCUT2D eigenvalue weighted by molar-refractivity contribution is 0.742. The number of hydrogen-bond acceptors (Lipinski definition) is 4. The van der Waals surface area contributed by atoms with Crippen molar-refractivity contribution in [3.05, 3.63) is 0 Å². The molecule has 0 saturated heterocycles. The number of nitrogens with zero attached hydrogens (tertiary/aromatic N) is 4. The van der Waals surface area contributed by atoms with Gasteiger partial charge in [0.25, 0.3) is 0 Å². The van der Waals surface area contributed by atoms with Gasteiger partial charge in [0, 0.05) is 0 Å². The van der Waals surface area contributed by atoms with Crippen LogP contribution >= 0.6 is 12.4 Å². The van der Waals surface area contributed by atoms with E-state index in [0.29, 0.717) is 11.4 Å². The van der Waals surface area contributed by atoms with E-state index in [1.807, 2.05) is 0 Å². The van der Waals surface area contributed by atoms with Crippen LogP contribution in [0.15, 0.2) is 20.4 Å². The molecule has 110 valence electrons. The van der Waals surface area contributed by atoms with Crippen LogP contribution in [0.2, 0.25) is 0 Å². The maximum atomic E-state index is 5.23. The molecule has 0 saturated carbocycles. The Morgan fingerprint density at radius 2 is 1.37 bits per heavy atom. The van der Waals surface area contributed by atoms with Crippen LogP contribution in [-0.2, 0) is 0 Å². The largest absolute Gasteiger partial charge is 0.369 e. The molecule has 0 fully saturated rings. The Labute approximate surface area is 119 Å². The predicted octanol–water partition coefficient (Wildman–Crippen LogP) is 0.267. The Morgan fingerprint density at radius 3 is 1.84 bits per heavy atom. The number of hydrogen-bond donors (Lipinski definition) is 4. The van der Waals surface area contributed by atoms with Crippen LogP contribution in [0.25, 0.3) is 0 Å². The SMILES string of the molecule is CCCCCC(=N\N=C(N)N)/C(C)=N/N=C(N)N.Cl. The molecule has 0 bridgehead atoms. The van der Waals surface area contributed by atoms with E-state index in [2.05, 4.69) is 27.3 Å². The molecule has 0 aromatic rings. The zero-order valence-electron chi connectivity index (χ0n) is 11.3. The van der Waals surface area contributed by atoms with Crippen LogP contribution in [0.1, 0.15) is 39.5 Å². The number of rotatable bonds is 7. The van der Waals surface area contributed by atoms with Gasteiger partial charge in [-0.15, -0.1) is 22.6 Å². The minimum Gasteiger partial charge on any atom is -0.369 e. The Bertz CT molecular complexity index is 364. The van der Waals surface area contributed by atoms with Crippen LogP contribution in [0.4, 0.5) is 0 Å². The van der Waals surface area contributed by atoms with Crippen LogP contribution in [0.5, 0.6) is 0 Å².